The Morgan fingerprint density at radius 2 is 2.14 bits per heavy atom. The molecule has 0 aromatic carbocycles. The van der Waals surface area contributed by atoms with E-state index >= 15 is 0 Å². The van der Waals surface area contributed by atoms with E-state index in [0.29, 0.717) is 12.0 Å². The molecule has 1 amide bonds. The first-order valence-corrected chi connectivity index (χ1v) is 9.93. The van der Waals surface area contributed by atoms with Crippen molar-refractivity contribution in [3.63, 3.8) is 0 Å². The third kappa shape index (κ3) is 7.58. The molecule has 6 heteroatoms. The van der Waals surface area contributed by atoms with Gasteiger partial charge in [-0.3, -0.25) is 4.21 Å². The zero-order valence-corrected chi connectivity index (χ0v) is 15.5. The van der Waals surface area contributed by atoms with Gasteiger partial charge in [-0.1, -0.05) is 0 Å². The fourth-order valence-corrected chi connectivity index (χ4v) is 3.23. The molecule has 3 unspecified atom stereocenters. The van der Waals surface area contributed by atoms with E-state index in [-0.39, 0.29) is 6.09 Å². The van der Waals surface area contributed by atoms with Gasteiger partial charge >= 0.3 is 6.09 Å². The Morgan fingerprint density at radius 1 is 1.45 bits per heavy atom. The van der Waals surface area contributed by atoms with Crippen LogP contribution in [0.1, 0.15) is 47.0 Å². The van der Waals surface area contributed by atoms with Crippen LogP contribution in [0.3, 0.4) is 0 Å². The number of amides is 1. The molecular weight excluding hydrogens is 300 g/mol. The number of hydrogen-bond donors (Lipinski definition) is 1. The molecule has 1 aliphatic heterocycles. The molecule has 1 saturated heterocycles. The molecule has 0 aromatic heterocycles. The van der Waals surface area contributed by atoms with Crippen LogP contribution in [-0.4, -0.2) is 58.5 Å². The predicted octanol–water partition coefficient (Wildman–Crippen LogP) is 2.38. The van der Waals surface area contributed by atoms with Gasteiger partial charge in [-0.25, -0.2) is 4.79 Å². The topological polar surface area (TPSA) is 58.6 Å². The molecule has 0 radical (unpaired) electrons. The number of nitrogens with one attached hydrogen (secondary N) is 1. The summed E-state index contributed by atoms with van der Waals surface area (Å²) in [6.45, 7) is 10.3. The number of likely N-dealkylation sites (tertiary alicyclic amines) is 1. The van der Waals surface area contributed by atoms with E-state index in [1.807, 2.05) is 25.7 Å². The number of carbonyl (C=O) groups excluding carboxylic acids is 1. The maximum atomic E-state index is 12.2. The van der Waals surface area contributed by atoms with Gasteiger partial charge in [0, 0.05) is 41.9 Å². The molecule has 22 heavy (non-hydrogen) atoms. The first-order valence-electron chi connectivity index (χ1n) is 8.20. The maximum absolute atomic E-state index is 12.2. The second-order valence-corrected chi connectivity index (χ2v) is 8.76. The van der Waals surface area contributed by atoms with Crippen LogP contribution in [-0.2, 0) is 15.5 Å². The van der Waals surface area contributed by atoms with Gasteiger partial charge in [-0.2, -0.15) is 0 Å². The van der Waals surface area contributed by atoms with Crippen molar-refractivity contribution < 1.29 is 13.7 Å². The van der Waals surface area contributed by atoms with Crippen molar-refractivity contribution in [3.05, 3.63) is 0 Å². The normalized spacial score (nSPS) is 22.2. The lowest BCUT2D eigenvalue weighted by molar-refractivity contribution is 0.0148. The van der Waals surface area contributed by atoms with E-state index in [2.05, 4.69) is 12.2 Å². The number of hydrogen-bond acceptors (Lipinski definition) is 4. The van der Waals surface area contributed by atoms with Gasteiger partial charge in [-0.05, 0) is 59.4 Å². The molecule has 5 nitrogen and oxygen atoms in total. The molecule has 3 atom stereocenters. The summed E-state index contributed by atoms with van der Waals surface area (Å²) in [5.74, 6) is 1.20. The summed E-state index contributed by atoms with van der Waals surface area (Å²) in [6, 6.07) is 0.357. The summed E-state index contributed by atoms with van der Waals surface area (Å²) in [6.07, 6.45) is 4.62. The highest BCUT2D eigenvalue weighted by Gasteiger charge is 2.29. The van der Waals surface area contributed by atoms with Crippen LogP contribution in [0.5, 0.6) is 0 Å². The molecule has 0 spiro atoms. The lowest BCUT2D eigenvalue weighted by atomic mass is 9.92. The smallest absolute Gasteiger partial charge is 0.410 e. The van der Waals surface area contributed by atoms with Gasteiger partial charge in [0.1, 0.15) is 5.60 Å². The van der Waals surface area contributed by atoms with E-state index in [1.54, 1.807) is 6.26 Å². The van der Waals surface area contributed by atoms with Gasteiger partial charge in [0.2, 0.25) is 0 Å². The fourth-order valence-electron chi connectivity index (χ4n) is 2.68. The van der Waals surface area contributed by atoms with Gasteiger partial charge in [-0.15, -0.1) is 0 Å². The average Bonchev–Trinajstić information content (AvgIpc) is 2.41. The van der Waals surface area contributed by atoms with Gasteiger partial charge in [0.25, 0.3) is 0 Å². The van der Waals surface area contributed by atoms with Crippen LogP contribution in [0.15, 0.2) is 0 Å². The second-order valence-electron chi connectivity index (χ2n) is 7.20. The fraction of sp³-hybridized carbons (Fsp3) is 0.938. The standard InChI is InChI=1S/C16H32N2O3S/c1-13(17-9-7-11-22(5)20)14-8-6-10-18(12-14)15(19)21-16(2,3)4/h13-14,17H,6-12H2,1-5H3. The number of nitrogens with zero attached hydrogens (tertiary/aromatic N) is 1. The van der Waals surface area contributed by atoms with Crippen molar-refractivity contribution in [1.82, 2.24) is 10.2 Å². The van der Waals surface area contributed by atoms with E-state index in [1.165, 1.54) is 0 Å². The summed E-state index contributed by atoms with van der Waals surface area (Å²) in [5, 5.41) is 3.50. The lowest BCUT2D eigenvalue weighted by Gasteiger charge is -2.36. The van der Waals surface area contributed by atoms with Crippen LogP contribution < -0.4 is 5.32 Å². The highest BCUT2D eigenvalue weighted by atomic mass is 32.2. The molecule has 1 aliphatic rings. The molecule has 1 rings (SSSR count). The van der Waals surface area contributed by atoms with Gasteiger partial charge in [0.05, 0.1) is 0 Å². The Bertz CT molecular complexity index is 382. The zero-order valence-electron chi connectivity index (χ0n) is 14.7. The summed E-state index contributed by atoms with van der Waals surface area (Å²) >= 11 is 0. The van der Waals surface area contributed by atoms with Crippen LogP contribution in [0, 0.1) is 5.92 Å². The third-order valence-electron chi connectivity index (χ3n) is 3.89. The summed E-state index contributed by atoms with van der Waals surface area (Å²) in [7, 11) is -0.716. The average molecular weight is 333 g/mol. The Labute approximate surface area is 137 Å². The molecule has 130 valence electrons. The number of piperidine rings is 1. The van der Waals surface area contributed by atoms with Gasteiger partial charge < -0.3 is 15.0 Å². The van der Waals surface area contributed by atoms with E-state index in [9.17, 15) is 9.00 Å². The second kappa shape index (κ2) is 8.87. The Kier molecular flexibility index (Phi) is 7.83. The van der Waals surface area contributed by atoms with Crippen LogP contribution in [0.4, 0.5) is 4.79 Å². The largest absolute Gasteiger partial charge is 0.444 e. The van der Waals surface area contributed by atoms with Crippen molar-refractivity contribution in [2.45, 2.75) is 58.6 Å². The molecule has 1 fully saturated rings. The summed E-state index contributed by atoms with van der Waals surface area (Å²) < 4.78 is 16.5. The third-order valence-corrected chi connectivity index (χ3v) is 4.76. The molecule has 0 aromatic rings. The van der Waals surface area contributed by atoms with Crippen molar-refractivity contribution in [1.29, 1.82) is 0 Å². The number of carbonyl (C=O) groups is 1. The Morgan fingerprint density at radius 3 is 2.73 bits per heavy atom. The molecule has 0 aliphatic carbocycles. The minimum Gasteiger partial charge on any atom is -0.444 e. The maximum Gasteiger partial charge on any atom is 0.410 e. The van der Waals surface area contributed by atoms with E-state index in [4.69, 9.17) is 4.74 Å². The summed E-state index contributed by atoms with van der Waals surface area (Å²) in [4.78, 5) is 14.0. The Hall–Kier alpha value is -0.620. The molecular formula is C16H32N2O3S. The van der Waals surface area contributed by atoms with Crippen LogP contribution >= 0.6 is 0 Å². The van der Waals surface area contributed by atoms with Crippen molar-refractivity contribution in [2.75, 3.05) is 31.6 Å². The summed E-state index contributed by atoms with van der Waals surface area (Å²) in [5.41, 5.74) is -0.441. The molecule has 1 N–H and O–H groups in total. The van der Waals surface area contributed by atoms with Crippen molar-refractivity contribution in [3.8, 4) is 0 Å². The number of ether oxygens (including phenoxy) is 1. The van der Waals surface area contributed by atoms with E-state index in [0.717, 1.165) is 44.6 Å². The van der Waals surface area contributed by atoms with Gasteiger partial charge in [0.15, 0.2) is 0 Å². The first kappa shape index (κ1) is 19.4. The van der Waals surface area contributed by atoms with E-state index < -0.39 is 16.4 Å². The molecule has 1 heterocycles. The van der Waals surface area contributed by atoms with Crippen molar-refractivity contribution >= 4 is 16.9 Å². The minimum atomic E-state index is -0.716. The quantitative estimate of drug-likeness (QED) is 0.759. The monoisotopic (exact) mass is 332 g/mol. The van der Waals surface area contributed by atoms with Crippen molar-refractivity contribution in [2.24, 2.45) is 5.92 Å². The molecule has 0 bridgehead atoms. The molecule has 0 saturated carbocycles. The minimum absolute atomic E-state index is 0.203. The Balaban J connectivity index is 2.38. The zero-order chi connectivity index (χ0) is 16.8. The highest BCUT2D eigenvalue weighted by Crippen LogP contribution is 2.21. The van der Waals surface area contributed by atoms with Crippen LogP contribution in [0.25, 0.3) is 0 Å². The number of rotatable bonds is 6. The first-order chi connectivity index (χ1) is 10.2. The predicted molar refractivity (Wildman–Crippen MR) is 91.5 cm³/mol. The highest BCUT2D eigenvalue weighted by molar-refractivity contribution is 7.84. The lowest BCUT2D eigenvalue weighted by Crippen LogP contribution is -2.48. The van der Waals surface area contributed by atoms with Crippen LogP contribution in [0.2, 0.25) is 0 Å². The SMILES string of the molecule is CC(NCCCS(C)=O)C1CCCN(C(=O)OC(C)(C)C)C1.